The predicted octanol–water partition coefficient (Wildman–Crippen LogP) is 1.38. The Kier molecular flexibility index (Phi) is 3.41. The molecule has 1 atom stereocenters. The molecule has 1 heterocycles. The van der Waals surface area contributed by atoms with Crippen molar-refractivity contribution in [3.8, 4) is 0 Å². The van der Waals surface area contributed by atoms with Gasteiger partial charge in [-0.15, -0.1) is 0 Å². The van der Waals surface area contributed by atoms with Crippen LogP contribution in [0.1, 0.15) is 24.4 Å². The van der Waals surface area contributed by atoms with E-state index in [-0.39, 0.29) is 12.4 Å². The van der Waals surface area contributed by atoms with Crippen molar-refractivity contribution >= 4 is 5.69 Å². The Hall–Kier alpha value is -1.13. The molecule has 0 amide bonds. The number of halogens is 1. The van der Waals surface area contributed by atoms with Crippen molar-refractivity contribution in [2.24, 2.45) is 11.5 Å². The topological polar surface area (TPSA) is 55.3 Å². The van der Waals surface area contributed by atoms with E-state index in [1.807, 2.05) is 6.07 Å². The normalized spacial score (nSPS) is 17.8. The minimum Gasteiger partial charge on any atom is -0.371 e. The molecule has 4 heteroatoms. The third-order valence-corrected chi connectivity index (χ3v) is 3.11. The molecule has 0 spiro atoms. The maximum atomic E-state index is 13.8. The first-order valence-corrected chi connectivity index (χ1v) is 5.72. The van der Waals surface area contributed by atoms with Gasteiger partial charge in [0.25, 0.3) is 0 Å². The summed E-state index contributed by atoms with van der Waals surface area (Å²) in [6, 6.07) is 4.84. The maximum Gasteiger partial charge on any atom is 0.130 e. The van der Waals surface area contributed by atoms with E-state index in [4.69, 9.17) is 11.5 Å². The molecule has 1 saturated heterocycles. The van der Waals surface area contributed by atoms with Gasteiger partial charge in [-0.05, 0) is 25.0 Å². The molecule has 0 bridgehead atoms. The number of rotatable bonds is 3. The Morgan fingerprint density at radius 3 is 2.56 bits per heavy atom. The summed E-state index contributed by atoms with van der Waals surface area (Å²) in [6.45, 7) is 2.30. The summed E-state index contributed by atoms with van der Waals surface area (Å²) in [5, 5.41) is 0. The van der Waals surface area contributed by atoms with Crippen molar-refractivity contribution in [1.82, 2.24) is 0 Å². The Morgan fingerprint density at radius 2 is 2.00 bits per heavy atom. The van der Waals surface area contributed by atoms with Gasteiger partial charge in [-0.1, -0.05) is 6.07 Å². The van der Waals surface area contributed by atoms with Gasteiger partial charge in [0.15, 0.2) is 0 Å². The van der Waals surface area contributed by atoms with Crippen LogP contribution < -0.4 is 16.4 Å². The molecule has 1 aromatic rings. The molecule has 0 unspecified atom stereocenters. The molecule has 1 aromatic carbocycles. The third-order valence-electron chi connectivity index (χ3n) is 3.11. The van der Waals surface area contributed by atoms with Gasteiger partial charge in [0.2, 0.25) is 0 Å². The molecule has 1 aliphatic heterocycles. The van der Waals surface area contributed by atoms with E-state index in [1.165, 1.54) is 12.8 Å². The average Bonchev–Trinajstić information content (AvgIpc) is 2.81. The first-order chi connectivity index (χ1) is 7.72. The monoisotopic (exact) mass is 223 g/mol. The van der Waals surface area contributed by atoms with Crippen LogP contribution in [0.25, 0.3) is 0 Å². The van der Waals surface area contributed by atoms with Crippen molar-refractivity contribution in [1.29, 1.82) is 0 Å². The van der Waals surface area contributed by atoms with Crippen LogP contribution >= 0.6 is 0 Å². The van der Waals surface area contributed by atoms with E-state index in [2.05, 4.69) is 4.90 Å². The Bertz CT molecular complexity index is 361. The Morgan fingerprint density at radius 1 is 1.31 bits per heavy atom. The summed E-state index contributed by atoms with van der Waals surface area (Å²) in [4.78, 5) is 2.20. The Balaban J connectivity index is 2.21. The lowest BCUT2D eigenvalue weighted by atomic mass is 10.1. The summed E-state index contributed by atoms with van der Waals surface area (Å²) < 4.78 is 13.8. The van der Waals surface area contributed by atoms with Crippen molar-refractivity contribution in [2.45, 2.75) is 18.9 Å². The second-order valence-electron chi connectivity index (χ2n) is 4.24. The molecule has 3 nitrogen and oxygen atoms in total. The van der Waals surface area contributed by atoms with Gasteiger partial charge >= 0.3 is 0 Å². The fourth-order valence-electron chi connectivity index (χ4n) is 2.12. The second kappa shape index (κ2) is 4.80. The first kappa shape index (κ1) is 11.4. The fraction of sp³-hybridized carbons (Fsp3) is 0.500. The van der Waals surface area contributed by atoms with Crippen molar-refractivity contribution in [3.63, 3.8) is 0 Å². The highest BCUT2D eigenvalue weighted by Gasteiger charge is 2.15. The summed E-state index contributed by atoms with van der Waals surface area (Å²) >= 11 is 0. The SMILES string of the molecule is NC[C@H](N)c1ccc(N2CCCC2)cc1F. The van der Waals surface area contributed by atoms with Gasteiger partial charge in [-0.25, -0.2) is 4.39 Å². The molecule has 4 N–H and O–H groups in total. The highest BCUT2D eigenvalue weighted by atomic mass is 19.1. The molecule has 2 rings (SSSR count). The smallest absolute Gasteiger partial charge is 0.130 e. The number of benzene rings is 1. The van der Waals surface area contributed by atoms with Gasteiger partial charge in [0.1, 0.15) is 5.82 Å². The van der Waals surface area contributed by atoms with Crippen LogP contribution in [0.15, 0.2) is 18.2 Å². The van der Waals surface area contributed by atoms with Crippen molar-refractivity contribution < 1.29 is 4.39 Å². The predicted molar refractivity (Wildman–Crippen MR) is 63.8 cm³/mol. The van der Waals surface area contributed by atoms with Crippen molar-refractivity contribution in [3.05, 3.63) is 29.6 Å². The lowest BCUT2D eigenvalue weighted by Crippen LogP contribution is -2.23. The molecular formula is C12H18FN3. The molecule has 1 fully saturated rings. The molecule has 1 aliphatic rings. The number of hydrogen-bond donors (Lipinski definition) is 2. The minimum absolute atomic E-state index is 0.248. The third kappa shape index (κ3) is 2.18. The summed E-state index contributed by atoms with van der Waals surface area (Å²) in [5.41, 5.74) is 12.6. The van der Waals surface area contributed by atoms with E-state index in [0.29, 0.717) is 5.56 Å². The van der Waals surface area contributed by atoms with E-state index in [1.54, 1.807) is 12.1 Å². The lowest BCUT2D eigenvalue weighted by molar-refractivity contribution is 0.584. The van der Waals surface area contributed by atoms with Crippen LogP contribution in [0.2, 0.25) is 0 Å². The number of hydrogen-bond acceptors (Lipinski definition) is 3. The fourth-order valence-corrected chi connectivity index (χ4v) is 2.12. The van der Waals surface area contributed by atoms with E-state index in [9.17, 15) is 4.39 Å². The van der Waals surface area contributed by atoms with E-state index >= 15 is 0 Å². The van der Waals surface area contributed by atoms with Gasteiger partial charge < -0.3 is 16.4 Å². The van der Waals surface area contributed by atoms with Crippen LogP contribution in [-0.4, -0.2) is 19.6 Å². The zero-order valence-electron chi connectivity index (χ0n) is 9.32. The number of nitrogens with zero attached hydrogens (tertiary/aromatic N) is 1. The minimum atomic E-state index is -0.410. The molecule has 0 aliphatic carbocycles. The summed E-state index contributed by atoms with van der Waals surface area (Å²) in [5.74, 6) is -0.248. The molecule has 0 aromatic heterocycles. The Labute approximate surface area is 95.2 Å². The summed E-state index contributed by atoms with van der Waals surface area (Å²) in [7, 11) is 0. The zero-order chi connectivity index (χ0) is 11.5. The second-order valence-corrected chi connectivity index (χ2v) is 4.24. The van der Waals surface area contributed by atoms with Crippen molar-refractivity contribution in [2.75, 3.05) is 24.5 Å². The molecule has 0 saturated carbocycles. The maximum absolute atomic E-state index is 13.8. The van der Waals surface area contributed by atoms with Crippen LogP contribution in [0.4, 0.5) is 10.1 Å². The molecule has 16 heavy (non-hydrogen) atoms. The molecule has 0 radical (unpaired) electrons. The van der Waals surface area contributed by atoms with Crippen LogP contribution in [0.5, 0.6) is 0 Å². The van der Waals surface area contributed by atoms with E-state index < -0.39 is 6.04 Å². The van der Waals surface area contributed by atoms with E-state index in [0.717, 1.165) is 18.8 Å². The standard InChI is InChI=1S/C12H18FN3/c13-11-7-9(16-5-1-2-6-16)3-4-10(11)12(15)8-14/h3-4,7,12H,1-2,5-6,8,14-15H2/t12-/m0/s1. The largest absolute Gasteiger partial charge is 0.371 e. The zero-order valence-corrected chi connectivity index (χ0v) is 9.32. The van der Waals surface area contributed by atoms with Crippen LogP contribution in [-0.2, 0) is 0 Å². The van der Waals surface area contributed by atoms with Gasteiger partial charge in [0, 0.05) is 36.9 Å². The highest BCUT2D eigenvalue weighted by molar-refractivity contribution is 5.49. The first-order valence-electron chi connectivity index (χ1n) is 5.72. The van der Waals surface area contributed by atoms with Crippen LogP contribution in [0.3, 0.4) is 0 Å². The van der Waals surface area contributed by atoms with Gasteiger partial charge in [-0.3, -0.25) is 0 Å². The molecule has 88 valence electrons. The highest BCUT2D eigenvalue weighted by Crippen LogP contribution is 2.24. The van der Waals surface area contributed by atoms with Crippen LogP contribution in [0, 0.1) is 5.82 Å². The number of anilines is 1. The van der Waals surface area contributed by atoms with Gasteiger partial charge in [0.05, 0.1) is 0 Å². The molecular weight excluding hydrogens is 205 g/mol. The average molecular weight is 223 g/mol. The quantitative estimate of drug-likeness (QED) is 0.814. The number of nitrogens with two attached hydrogens (primary N) is 2. The summed E-state index contributed by atoms with van der Waals surface area (Å²) in [6.07, 6.45) is 2.37. The lowest BCUT2D eigenvalue weighted by Gasteiger charge is -2.19. The van der Waals surface area contributed by atoms with Gasteiger partial charge in [-0.2, -0.15) is 0 Å².